The molecule has 1 saturated heterocycles. The van der Waals surface area contributed by atoms with Gasteiger partial charge in [-0.05, 0) is 55.1 Å². The predicted octanol–water partition coefficient (Wildman–Crippen LogP) is 6.64. The van der Waals surface area contributed by atoms with Gasteiger partial charge in [-0.25, -0.2) is 17.8 Å². The number of carbonyl (C=O) groups is 1. The molecular formula is C35H45FN5O3SY. The zero-order chi connectivity index (χ0) is 33.0. The number of anilines is 1. The number of carbonyl (C=O) groups excluding carboxylic acids is 1. The molecule has 1 amide bonds. The number of rotatable bonds is 8. The Morgan fingerprint density at radius 3 is 2.28 bits per heavy atom. The van der Waals surface area contributed by atoms with Gasteiger partial charge in [0.15, 0.2) is 5.65 Å². The third-order valence-corrected chi connectivity index (χ3v) is 9.33. The van der Waals surface area contributed by atoms with Crippen LogP contribution >= 0.6 is 0 Å². The molecule has 3 heterocycles. The zero-order valence-corrected chi connectivity index (χ0v) is 31.0. The Kier molecular flexibility index (Phi) is 16.5. The molecule has 8 nitrogen and oxygen atoms in total. The average molecular weight is 724 g/mol. The quantitative estimate of drug-likeness (QED) is 0.198. The van der Waals surface area contributed by atoms with E-state index in [2.05, 4.69) is 47.4 Å². The molecule has 0 radical (unpaired) electrons. The second-order valence-corrected chi connectivity index (χ2v) is 13.1. The van der Waals surface area contributed by atoms with Crippen LogP contribution in [0.4, 0.5) is 10.1 Å². The second-order valence-electron chi connectivity index (χ2n) is 10.8. The topological polar surface area (TPSA) is 105 Å². The van der Waals surface area contributed by atoms with Crippen molar-refractivity contribution >= 4 is 27.1 Å². The van der Waals surface area contributed by atoms with Gasteiger partial charge in [0.25, 0.3) is 5.91 Å². The molecule has 4 aromatic rings. The van der Waals surface area contributed by atoms with E-state index in [0.29, 0.717) is 30.0 Å². The summed E-state index contributed by atoms with van der Waals surface area (Å²) in [5.74, 6) is 0.437. The van der Waals surface area contributed by atoms with Crippen LogP contribution in [0.1, 0.15) is 66.7 Å². The molecule has 0 saturated carbocycles. The van der Waals surface area contributed by atoms with E-state index in [1.807, 2.05) is 49.1 Å². The van der Waals surface area contributed by atoms with E-state index in [0.717, 1.165) is 59.4 Å². The second kappa shape index (κ2) is 19.2. The van der Waals surface area contributed by atoms with Crippen molar-refractivity contribution in [2.75, 3.05) is 23.9 Å². The summed E-state index contributed by atoms with van der Waals surface area (Å²) < 4.78 is 37.1. The number of sulfone groups is 1. The normalized spacial score (nSPS) is 13.5. The van der Waals surface area contributed by atoms with Crippen molar-refractivity contribution < 1.29 is 50.3 Å². The molecular weight excluding hydrogens is 678 g/mol. The summed E-state index contributed by atoms with van der Waals surface area (Å²) in [7, 11) is -0.914. The molecule has 0 bridgehead atoms. The minimum Gasteiger partial charge on any atom is -0.386 e. The fourth-order valence-corrected chi connectivity index (χ4v) is 6.09. The van der Waals surface area contributed by atoms with Crippen molar-refractivity contribution in [1.29, 1.82) is 0 Å². The molecule has 0 spiro atoms. The third kappa shape index (κ3) is 10.9. The predicted molar refractivity (Wildman–Crippen MR) is 181 cm³/mol. The standard InChI is InChI=1S/C15H15FN4.C15H21NO.C5H9O2S.Y/c1-3-12-15-19-9-14(20(15)7-6-18-12)10-4-5-13(17-2)11(16)8-10;1-5-12-8-9-14(11(4)10-12)15(17)16-13(6-2)7-3;6-8(7)4-2-1-3-5-8;/h4-9,17H,3H2,1-2H3;8-10,13H,2-3,5-7H2,1,4H3,(H,16,17);1H,2-5H2;/q;-2;-1;+3. The summed E-state index contributed by atoms with van der Waals surface area (Å²) in [5.41, 5.74) is 6.92. The largest absolute Gasteiger partial charge is 3.00 e. The Morgan fingerprint density at radius 2 is 1.76 bits per heavy atom. The van der Waals surface area contributed by atoms with Crippen LogP contribution < -0.4 is 10.6 Å². The maximum absolute atomic E-state index is 13.9. The monoisotopic (exact) mass is 723 g/mol. The Bertz CT molecular complexity index is 1660. The van der Waals surface area contributed by atoms with Gasteiger partial charge in [0, 0.05) is 42.1 Å². The van der Waals surface area contributed by atoms with Gasteiger partial charge in [0.05, 0.1) is 23.3 Å². The molecule has 0 atom stereocenters. The first-order valence-electron chi connectivity index (χ1n) is 15.4. The molecule has 0 unspecified atom stereocenters. The Balaban J connectivity index is 0.000000257. The summed E-state index contributed by atoms with van der Waals surface area (Å²) in [6.07, 6.45) is 12.0. The van der Waals surface area contributed by atoms with Crippen LogP contribution in [0.15, 0.2) is 55.0 Å². The number of aryl methyl sites for hydroxylation is 3. The Labute approximate surface area is 299 Å². The van der Waals surface area contributed by atoms with Gasteiger partial charge in [0.1, 0.15) is 15.7 Å². The molecule has 0 aliphatic carbocycles. The van der Waals surface area contributed by atoms with Crippen molar-refractivity contribution in [3.8, 4) is 11.3 Å². The summed E-state index contributed by atoms with van der Waals surface area (Å²) in [4.78, 5) is 20.7. The van der Waals surface area contributed by atoms with Crippen LogP contribution in [-0.2, 0) is 55.4 Å². The number of hydrogen-bond donors (Lipinski definition) is 2. The molecule has 46 heavy (non-hydrogen) atoms. The van der Waals surface area contributed by atoms with Crippen molar-refractivity contribution in [3.63, 3.8) is 0 Å². The molecule has 1 fully saturated rings. The van der Waals surface area contributed by atoms with Crippen molar-refractivity contribution in [3.05, 3.63) is 103 Å². The van der Waals surface area contributed by atoms with Crippen molar-refractivity contribution in [1.82, 2.24) is 19.7 Å². The third-order valence-electron chi connectivity index (χ3n) is 7.61. The van der Waals surface area contributed by atoms with E-state index in [1.165, 1.54) is 11.6 Å². The first-order chi connectivity index (χ1) is 21.6. The maximum atomic E-state index is 13.9. The van der Waals surface area contributed by atoms with Crippen molar-refractivity contribution in [2.45, 2.75) is 65.3 Å². The fourth-order valence-electron chi connectivity index (χ4n) is 4.84. The first kappa shape index (κ1) is 39.5. The van der Waals surface area contributed by atoms with Crippen LogP contribution in [0.3, 0.4) is 0 Å². The van der Waals surface area contributed by atoms with Crippen LogP contribution in [0.5, 0.6) is 0 Å². The molecule has 2 aromatic carbocycles. The van der Waals surface area contributed by atoms with Crippen LogP contribution in [-0.4, -0.2) is 53.3 Å². The zero-order valence-electron chi connectivity index (χ0n) is 27.4. The van der Waals surface area contributed by atoms with E-state index in [9.17, 15) is 17.6 Å². The molecule has 2 N–H and O–H groups in total. The molecule has 2 aromatic heterocycles. The number of nitrogens with one attached hydrogen (secondary N) is 2. The van der Waals surface area contributed by atoms with Gasteiger partial charge in [0.2, 0.25) is 0 Å². The number of hydrogen-bond acceptors (Lipinski definition) is 6. The molecule has 11 heteroatoms. The molecule has 244 valence electrons. The van der Waals surface area contributed by atoms with Gasteiger partial charge < -0.3 is 30.9 Å². The maximum Gasteiger partial charge on any atom is 3.00 e. The summed E-state index contributed by atoms with van der Waals surface area (Å²) in [5, 5.41) is 5.76. The first-order valence-corrected chi connectivity index (χ1v) is 17.2. The van der Waals surface area contributed by atoms with Crippen LogP contribution in [0.25, 0.3) is 16.9 Å². The summed E-state index contributed by atoms with van der Waals surface area (Å²) >= 11 is 0. The Hall–Kier alpha value is -2.69. The van der Waals surface area contributed by atoms with Gasteiger partial charge in [-0.1, -0.05) is 32.0 Å². The van der Waals surface area contributed by atoms with Gasteiger partial charge in [-0.2, -0.15) is 25.7 Å². The Morgan fingerprint density at radius 1 is 1.07 bits per heavy atom. The van der Waals surface area contributed by atoms with E-state index in [1.54, 1.807) is 25.5 Å². The minimum absolute atomic E-state index is 0. The van der Waals surface area contributed by atoms with Crippen molar-refractivity contribution in [2.24, 2.45) is 0 Å². The average Bonchev–Trinajstić information content (AvgIpc) is 3.48. The number of benzene rings is 2. The minimum atomic E-state index is -2.61. The number of fused-ring (bicyclic) bond motifs is 1. The number of halogens is 1. The summed E-state index contributed by atoms with van der Waals surface area (Å²) in [6.45, 7) is 13.7. The smallest absolute Gasteiger partial charge is 0.386 e. The van der Waals surface area contributed by atoms with Gasteiger partial charge in [-0.3, -0.25) is 14.2 Å². The van der Waals surface area contributed by atoms with E-state index >= 15 is 0 Å². The van der Waals surface area contributed by atoms with Crippen LogP contribution in [0.2, 0.25) is 0 Å². The van der Waals surface area contributed by atoms with E-state index < -0.39 is 9.84 Å². The number of aromatic nitrogens is 3. The van der Waals surface area contributed by atoms with Gasteiger partial charge >= 0.3 is 32.7 Å². The summed E-state index contributed by atoms with van der Waals surface area (Å²) in [6, 6.07) is 11.2. The fraction of sp³-hybridized carbons (Fsp3) is 0.371. The SMILES string of the molecule is CCc1nccn2c(-c3ccc(NC)c(F)c3)cnc12.O=S1(=O)CC[CH-]CC1.[CH2-]CC(C[CH2-])NC(=O)c1ccc(CC)cc1C.[Y+3]. The van der Waals surface area contributed by atoms with Gasteiger partial charge in [-0.15, -0.1) is 0 Å². The molecule has 1 aliphatic heterocycles. The number of nitrogens with zero attached hydrogens (tertiary/aromatic N) is 3. The number of amides is 1. The molecule has 1 aliphatic rings. The molecule has 5 rings (SSSR count). The van der Waals surface area contributed by atoms with Crippen LogP contribution in [0, 0.1) is 33.0 Å². The van der Waals surface area contributed by atoms with E-state index in [4.69, 9.17) is 0 Å². The van der Waals surface area contributed by atoms with E-state index in [-0.39, 0.29) is 50.5 Å². The number of imidazole rings is 1.